The van der Waals surface area contributed by atoms with Gasteiger partial charge in [-0.3, -0.25) is 14.5 Å². The number of carbonyl (C=O) groups is 2. The number of hydrogen-bond acceptors (Lipinski definition) is 3. The molecule has 0 aromatic heterocycles. The Bertz CT molecular complexity index is 648. The molecule has 1 aromatic rings. The van der Waals surface area contributed by atoms with Crippen LogP contribution in [0.3, 0.4) is 0 Å². The fraction of sp³-hybridized carbons (Fsp3) is 0.600. The quantitative estimate of drug-likeness (QED) is 0.912. The Hall–Kier alpha value is -1.88. The smallest absolute Gasteiger partial charge is 0.320 e. The summed E-state index contributed by atoms with van der Waals surface area (Å²) in [5.74, 6) is -0.118. The summed E-state index contributed by atoms with van der Waals surface area (Å²) in [5.41, 5.74) is 1.21. The molecule has 1 N–H and O–H groups in total. The summed E-state index contributed by atoms with van der Waals surface area (Å²) < 4.78 is 0. The second kappa shape index (κ2) is 6.45. The first kappa shape index (κ1) is 16.6. The third-order valence-corrected chi connectivity index (χ3v) is 6.18. The van der Waals surface area contributed by atoms with Crippen molar-refractivity contribution in [2.75, 3.05) is 19.6 Å². The highest BCUT2D eigenvalue weighted by Gasteiger charge is 2.49. The van der Waals surface area contributed by atoms with E-state index < -0.39 is 12.0 Å². The molecule has 1 aliphatic carbocycles. The molecule has 4 rings (SSSR count). The Morgan fingerprint density at radius 2 is 1.80 bits per heavy atom. The Morgan fingerprint density at radius 1 is 1.12 bits per heavy atom. The van der Waals surface area contributed by atoms with Gasteiger partial charge in [0.15, 0.2) is 0 Å². The molecule has 1 aromatic carbocycles. The fourth-order valence-corrected chi connectivity index (χ4v) is 4.52. The van der Waals surface area contributed by atoms with E-state index in [0.717, 1.165) is 50.9 Å². The molecular formula is C20H26N2O3. The average molecular weight is 342 g/mol. The number of amides is 1. The molecule has 3 fully saturated rings. The van der Waals surface area contributed by atoms with Crippen molar-refractivity contribution in [3.8, 4) is 0 Å². The topological polar surface area (TPSA) is 60.9 Å². The van der Waals surface area contributed by atoms with Gasteiger partial charge in [-0.15, -0.1) is 0 Å². The van der Waals surface area contributed by atoms with Gasteiger partial charge in [-0.2, -0.15) is 0 Å². The van der Waals surface area contributed by atoms with Gasteiger partial charge in [0.1, 0.15) is 6.04 Å². The summed E-state index contributed by atoms with van der Waals surface area (Å²) in [6.07, 6.45) is 4.67. The predicted octanol–water partition coefficient (Wildman–Crippen LogP) is 2.36. The van der Waals surface area contributed by atoms with Crippen LogP contribution in [0.15, 0.2) is 30.3 Å². The molecule has 2 saturated heterocycles. The summed E-state index contributed by atoms with van der Waals surface area (Å²) in [4.78, 5) is 28.2. The molecular weight excluding hydrogens is 316 g/mol. The van der Waals surface area contributed by atoms with Gasteiger partial charge in [0.2, 0.25) is 5.91 Å². The van der Waals surface area contributed by atoms with E-state index in [1.807, 2.05) is 23.1 Å². The van der Waals surface area contributed by atoms with Gasteiger partial charge in [-0.1, -0.05) is 30.3 Å². The van der Waals surface area contributed by atoms with Crippen LogP contribution in [0.25, 0.3) is 0 Å². The van der Waals surface area contributed by atoms with Crippen LogP contribution in [0.4, 0.5) is 0 Å². The van der Waals surface area contributed by atoms with Gasteiger partial charge >= 0.3 is 5.97 Å². The summed E-state index contributed by atoms with van der Waals surface area (Å²) in [7, 11) is 0. The lowest BCUT2D eigenvalue weighted by atomic mass is 9.76. The van der Waals surface area contributed by atoms with Crippen LogP contribution in [0.5, 0.6) is 0 Å². The van der Waals surface area contributed by atoms with E-state index in [0.29, 0.717) is 18.9 Å². The molecule has 1 atom stereocenters. The van der Waals surface area contributed by atoms with Crippen molar-refractivity contribution in [1.29, 1.82) is 0 Å². The maximum atomic E-state index is 12.3. The molecule has 134 valence electrons. The standard InChI is InChI=1S/C20H26N2O3/c23-18(16-6-7-16)21-10-8-20(9-11-21)12-17(19(24)25)22(14-20)13-15-4-2-1-3-5-15/h1-5,16-17H,6-14H2,(H,24,25). The van der Waals surface area contributed by atoms with Crippen molar-refractivity contribution in [3.63, 3.8) is 0 Å². The summed E-state index contributed by atoms with van der Waals surface area (Å²) >= 11 is 0. The number of likely N-dealkylation sites (tertiary alicyclic amines) is 2. The van der Waals surface area contributed by atoms with Crippen molar-refractivity contribution >= 4 is 11.9 Å². The monoisotopic (exact) mass is 342 g/mol. The van der Waals surface area contributed by atoms with Gasteiger partial charge in [0, 0.05) is 32.1 Å². The number of aliphatic carboxylic acids is 1. The van der Waals surface area contributed by atoms with Gasteiger partial charge in [0.25, 0.3) is 0 Å². The number of rotatable bonds is 4. The minimum atomic E-state index is -0.718. The lowest BCUT2D eigenvalue weighted by Gasteiger charge is -2.39. The number of piperidine rings is 1. The molecule has 5 heteroatoms. The van der Waals surface area contributed by atoms with E-state index >= 15 is 0 Å². The summed E-state index contributed by atoms with van der Waals surface area (Å²) in [6, 6.07) is 9.68. The predicted molar refractivity (Wildman–Crippen MR) is 93.9 cm³/mol. The van der Waals surface area contributed by atoms with Crippen molar-refractivity contribution in [3.05, 3.63) is 35.9 Å². The molecule has 25 heavy (non-hydrogen) atoms. The van der Waals surface area contributed by atoms with Crippen LogP contribution in [-0.4, -0.2) is 52.5 Å². The van der Waals surface area contributed by atoms with E-state index in [2.05, 4.69) is 17.0 Å². The Morgan fingerprint density at radius 3 is 2.40 bits per heavy atom. The highest BCUT2D eigenvalue weighted by atomic mass is 16.4. The van der Waals surface area contributed by atoms with Crippen LogP contribution in [-0.2, 0) is 16.1 Å². The summed E-state index contributed by atoms with van der Waals surface area (Å²) in [5, 5.41) is 9.69. The number of nitrogens with zero attached hydrogens (tertiary/aromatic N) is 2. The Balaban J connectivity index is 1.43. The third-order valence-electron chi connectivity index (χ3n) is 6.18. The second-order valence-electron chi connectivity index (χ2n) is 8.05. The van der Waals surface area contributed by atoms with Gasteiger partial charge in [-0.05, 0) is 43.1 Å². The van der Waals surface area contributed by atoms with Crippen LogP contribution in [0.2, 0.25) is 0 Å². The molecule has 5 nitrogen and oxygen atoms in total. The van der Waals surface area contributed by atoms with Crippen molar-refractivity contribution in [1.82, 2.24) is 9.80 Å². The Kier molecular flexibility index (Phi) is 4.28. The third kappa shape index (κ3) is 3.43. The highest BCUT2D eigenvalue weighted by molar-refractivity contribution is 5.81. The molecule has 2 heterocycles. The van der Waals surface area contributed by atoms with E-state index in [-0.39, 0.29) is 11.3 Å². The molecule has 0 radical (unpaired) electrons. The van der Waals surface area contributed by atoms with Crippen molar-refractivity contribution in [2.24, 2.45) is 11.3 Å². The molecule has 3 aliphatic rings. The lowest BCUT2D eigenvalue weighted by molar-refractivity contribution is -0.142. The highest BCUT2D eigenvalue weighted by Crippen LogP contribution is 2.44. The molecule has 1 spiro atoms. The summed E-state index contributed by atoms with van der Waals surface area (Å²) in [6.45, 7) is 3.09. The van der Waals surface area contributed by atoms with Crippen LogP contribution >= 0.6 is 0 Å². The van der Waals surface area contributed by atoms with E-state index in [1.165, 1.54) is 0 Å². The maximum absolute atomic E-state index is 12.3. The number of carbonyl (C=O) groups excluding carboxylic acids is 1. The Labute approximate surface area is 148 Å². The van der Waals surface area contributed by atoms with E-state index in [9.17, 15) is 14.7 Å². The first-order chi connectivity index (χ1) is 12.1. The average Bonchev–Trinajstić information content (AvgIpc) is 3.40. The van der Waals surface area contributed by atoms with E-state index in [4.69, 9.17) is 0 Å². The zero-order chi connectivity index (χ0) is 17.4. The minimum Gasteiger partial charge on any atom is -0.480 e. The minimum absolute atomic E-state index is 0.0537. The van der Waals surface area contributed by atoms with Crippen molar-refractivity contribution < 1.29 is 14.7 Å². The zero-order valence-electron chi connectivity index (χ0n) is 14.6. The first-order valence-electron chi connectivity index (χ1n) is 9.36. The van der Waals surface area contributed by atoms with Gasteiger partial charge in [-0.25, -0.2) is 0 Å². The zero-order valence-corrected chi connectivity index (χ0v) is 14.6. The molecule has 1 amide bonds. The van der Waals surface area contributed by atoms with Gasteiger partial charge < -0.3 is 10.0 Å². The first-order valence-corrected chi connectivity index (χ1v) is 9.36. The maximum Gasteiger partial charge on any atom is 0.320 e. The normalized spacial score (nSPS) is 26.1. The van der Waals surface area contributed by atoms with Crippen LogP contribution < -0.4 is 0 Å². The fourth-order valence-electron chi connectivity index (χ4n) is 4.52. The SMILES string of the molecule is O=C(O)C1CC2(CCN(C(=O)C3CC3)CC2)CN1Cc1ccccc1. The molecule has 2 aliphatic heterocycles. The van der Waals surface area contributed by atoms with Crippen LogP contribution in [0, 0.1) is 11.3 Å². The van der Waals surface area contributed by atoms with E-state index in [1.54, 1.807) is 0 Å². The molecule has 1 unspecified atom stereocenters. The largest absolute Gasteiger partial charge is 0.480 e. The molecule has 1 saturated carbocycles. The number of carboxylic acids is 1. The number of hydrogen-bond donors (Lipinski definition) is 1. The lowest BCUT2D eigenvalue weighted by Crippen LogP contribution is -2.44. The van der Waals surface area contributed by atoms with Crippen LogP contribution in [0.1, 0.15) is 37.7 Å². The van der Waals surface area contributed by atoms with Crippen molar-refractivity contribution in [2.45, 2.75) is 44.7 Å². The number of benzene rings is 1. The van der Waals surface area contributed by atoms with Gasteiger partial charge in [0.05, 0.1) is 0 Å². The number of carboxylic acid groups (broad SMARTS) is 1. The molecule has 0 bridgehead atoms. The second-order valence-corrected chi connectivity index (χ2v) is 8.05.